The molecule has 0 aliphatic carbocycles. The minimum Gasteiger partial charge on any atom is -0.497 e. The second kappa shape index (κ2) is 6.61. The van der Waals surface area contributed by atoms with E-state index in [0.717, 1.165) is 33.7 Å². The molecule has 0 saturated carbocycles. The highest BCUT2D eigenvalue weighted by molar-refractivity contribution is 5.87. The Morgan fingerprint density at radius 1 is 0.893 bits per heavy atom. The number of para-hydroxylation sites is 1. The molecule has 3 aromatic carbocycles. The first-order valence-electron chi connectivity index (χ1n) is 9.44. The molecule has 1 N–H and O–H groups in total. The largest absolute Gasteiger partial charge is 0.497 e. The van der Waals surface area contributed by atoms with E-state index in [9.17, 15) is 0 Å². The number of hydrogen-bond acceptors (Lipinski definition) is 2. The lowest BCUT2D eigenvalue weighted by Gasteiger charge is -2.16. The smallest absolute Gasteiger partial charge is 0.134 e. The zero-order valence-corrected chi connectivity index (χ0v) is 15.9. The van der Waals surface area contributed by atoms with Crippen molar-refractivity contribution in [1.29, 1.82) is 0 Å². The van der Waals surface area contributed by atoms with Gasteiger partial charge in [-0.05, 0) is 48.4 Å². The molecule has 0 aliphatic heterocycles. The average molecular weight is 367 g/mol. The molecule has 28 heavy (non-hydrogen) atoms. The van der Waals surface area contributed by atoms with E-state index in [1.807, 2.05) is 24.3 Å². The number of methoxy groups -OCH3 is 1. The molecular formula is C25H21NO2. The minimum absolute atomic E-state index is 0.00995. The average Bonchev–Trinajstić information content (AvgIpc) is 3.29. The van der Waals surface area contributed by atoms with Crippen LogP contribution in [0.15, 0.2) is 83.3 Å². The van der Waals surface area contributed by atoms with E-state index < -0.39 is 0 Å². The van der Waals surface area contributed by atoms with Crippen LogP contribution in [0.2, 0.25) is 0 Å². The SMILES string of the molecule is COc1ccc2oc(C(c3ccccc3)c3c(C)[nH]c4ccccc34)cc2c1. The van der Waals surface area contributed by atoms with E-state index in [1.54, 1.807) is 7.11 Å². The molecule has 0 fully saturated rings. The Labute approximate surface area is 163 Å². The van der Waals surface area contributed by atoms with Gasteiger partial charge >= 0.3 is 0 Å². The van der Waals surface area contributed by atoms with Crippen LogP contribution in [-0.4, -0.2) is 12.1 Å². The normalized spacial score (nSPS) is 12.5. The van der Waals surface area contributed by atoms with E-state index in [2.05, 4.69) is 66.5 Å². The van der Waals surface area contributed by atoms with Crippen molar-refractivity contribution >= 4 is 21.9 Å². The molecule has 1 atom stereocenters. The summed E-state index contributed by atoms with van der Waals surface area (Å²) in [6.45, 7) is 2.14. The molecule has 2 aromatic heterocycles. The summed E-state index contributed by atoms with van der Waals surface area (Å²) in [5, 5.41) is 2.28. The number of aromatic amines is 1. The van der Waals surface area contributed by atoms with Crippen LogP contribution in [0.4, 0.5) is 0 Å². The topological polar surface area (TPSA) is 38.2 Å². The van der Waals surface area contributed by atoms with Crippen LogP contribution in [0.25, 0.3) is 21.9 Å². The number of H-pyrrole nitrogens is 1. The lowest BCUT2D eigenvalue weighted by Crippen LogP contribution is -2.03. The van der Waals surface area contributed by atoms with Gasteiger partial charge in [0.25, 0.3) is 0 Å². The zero-order chi connectivity index (χ0) is 19.1. The summed E-state index contributed by atoms with van der Waals surface area (Å²) in [7, 11) is 1.68. The Hall–Kier alpha value is -3.46. The maximum Gasteiger partial charge on any atom is 0.134 e. The highest BCUT2D eigenvalue weighted by Gasteiger charge is 2.25. The number of aryl methyl sites for hydroxylation is 1. The van der Waals surface area contributed by atoms with Crippen LogP contribution >= 0.6 is 0 Å². The Kier molecular flexibility index (Phi) is 3.94. The summed E-state index contributed by atoms with van der Waals surface area (Å²) in [5.41, 5.74) is 5.64. The van der Waals surface area contributed by atoms with Crippen LogP contribution in [-0.2, 0) is 0 Å². The number of benzene rings is 3. The molecule has 3 nitrogen and oxygen atoms in total. The van der Waals surface area contributed by atoms with Gasteiger partial charge in [0.15, 0.2) is 0 Å². The van der Waals surface area contributed by atoms with Crippen molar-refractivity contribution in [3.63, 3.8) is 0 Å². The molecule has 5 rings (SSSR count). The molecule has 0 spiro atoms. The van der Waals surface area contributed by atoms with Gasteiger partial charge in [0.2, 0.25) is 0 Å². The molecule has 0 aliphatic rings. The summed E-state index contributed by atoms with van der Waals surface area (Å²) >= 11 is 0. The second-order valence-corrected chi connectivity index (χ2v) is 7.11. The number of ether oxygens (including phenoxy) is 1. The van der Waals surface area contributed by atoms with Crippen molar-refractivity contribution in [3.8, 4) is 5.75 Å². The number of nitrogens with one attached hydrogen (secondary N) is 1. The van der Waals surface area contributed by atoms with E-state index in [-0.39, 0.29) is 5.92 Å². The molecule has 0 radical (unpaired) electrons. The number of hydrogen-bond donors (Lipinski definition) is 1. The summed E-state index contributed by atoms with van der Waals surface area (Å²) in [6.07, 6.45) is 0. The molecule has 2 heterocycles. The Bertz CT molecular complexity index is 1260. The van der Waals surface area contributed by atoms with E-state index in [0.29, 0.717) is 0 Å². The highest BCUT2D eigenvalue weighted by atomic mass is 16.5. The summed E-state index contributed by atoms with van der Waals surface area (Å²) in [4.78, 5) is 3.54. The van der Waals surface area contributed by atoms with Gasteiger partial charge < -0.3 is 14.1 Å². The van der Waals surface area contributed by atoms with Gasteiger partial charge in [-0.3, -0.25) is 0 Å². The fraction of sp³-hybridized carbons (Fsp3) is 0.120. The first kappa shape index (κ1) is 16.7. The van der Waals surface area contributed by atoms with Gasteiger partial charge in [0, 0.05) is 22.0 Å². The molecule has 0 saturated heterocycles. The lowest BCUT2D eigenvalue weighted by atomic mass is 9.87. The van der Waals surface area contributed by atoms with Crippen molar-refractivity contribution in [2.45, 2.75) is 12.8 Å². The minimum atomic E-state index is 0.00995. The zero-order valence-electron chi connectivity index (χ0n) is 15.9. The quantitative estimate of drug-likeness (QED) is 0.398. The van der Waals surface area contributed by atoms with Crippen molar-refractivity contribution in [1.82, 2.24) is 4.98 Å². The Balaban J connectivity index is 1.77. The third-order valence-electron chi connectivity index (χ3n) is 5.39. The van der Waals surface area contributed by atoms with Crippen molar-refractivity contribution < 1.29 is 9.15 Å². The monoisotopic (exact) mass is 367 g/mol. The van der Waals surface area contributed by atoms with Gasteiger partial charge in [-0.25, -0.2) is 0 Å². The fourth-order valence-corrected chi connectivity index (χ4v) is 4.10. The van der Waals surface area contributed by atoms with Gasteiger partial charge in [-0.15, -0.1) is 0 Å². The number of fused-ring (bicyclic) bond motifs is 2. The van der Waals surface area contributed by atoms with E-state index in [1.165, 1.54) is 16.5 Å². The molecule has 3 heteroatoms. The molecule has 138 valence electrons. The first-order valence-corrected chi connectivity index (χ1v) is 9.44. The Morgan fingerprint density at radius 3 is 2.50 bits per heavy atom. The second-order valence-electron chi connectivity index (χ2n) is 7.11. The van der Waals surface area contributed by atoms with Gasteiger partial charge in [0.05, 0.1) is 13.0 Å². The predicted molar refractivity (Wildman–Crippen MR) is 113 cm³/mol. The number of rotatable bonds is 4. The third kappa shape index (κ3) is 2.67. The summed E-state index contributed by atoms with van der Waals surface area (Å²) < 4.78 is 11.7. The standard InChI is InChI=1S/C25H21NO2/c1-16-24(20-10-6-7-11-21(20)26-16)25(17-8-4-3-5-9-17)23-15-18-14-19(27-2)12-13-22(18)28-23/h3-15,25-26H,1-2H3. The van der Waals surface area contributed by atoms with Crippen molar-refractivity contribution in [3.05, 3.63) is 101 Å². The van der Waals surface area contributed by atoms with E-state index in [4.69, 9.17) is 9.15 Å². The molecule has 5 aromatic rings. The number of aromatic nitrogens is 1. The predicted octanol–water partition coefficient (Wildman–Crippen LogP) is 6.41. The molecular weight excluding hydrogens is 346 g/mol. The summed E-state index contributed by atoms with van der Waals surface area (Å²) in [5.74, 6) is 1.78. The fourth-order valence-electron chi connectivity index (χ4n) is 4.10. The van der Waals surface area contributed by atoms with Gasteiger partial charge in [0.1, 0.15) is 17.1 Å². The lowest BCUT2D eigenvalue weighted by molar-refractivity contribution is 0.415. The van der Waals surface area contributed by atoms with Crippen LogP contribution in [0.5, 0.6) is 5.75 Å². The molecule has 0 amide bonds. The van der Waals surface area contributed by atoms with Crippen LogP contribution in [0, 0.1) is 6.92 Å². The van der Waals surface area contributed by atoms with Gasteiger partial charge in [-0.2, -0.15) is 0 Å². The molecule has 0 bridgehead atoms. The summed E-state index contributed by atoms with van der Waals surface area (Å²) in [6, 6.07) is 27.1. The molecule has 1 unspecified atom stereocenters. The van der Waals surface area contributed by atoms with Crippen LogP contribution < -0.4 is 4.74 Å². The maximum atomic E-state index is 6.34. The van der Waals surface area contributed by atoms with Gasteiger partial charge in [-0.1, -0.05) is 48.5 Å². The maximum absolute atomic E-state index is 6.34. The Morgan fingerprint density at radius 2 is 1.68 bits per heavy atom. The van der Waals surface area contributed by atoms with Crippen LogP contribution in [0.3, 0.4) is 0 Å². The third-order valence-corrected chi connectivity index (χ3v) is 5.39. The van der Waals surface area contributed by atoms with Crippen LogP contribution in [0.1, 0.15) is 28.5 Å². The van der Waals surface area contributed by atoms with Crippen molar-refractivity contribution in [2.75, 3.05) is 7.11 Å². The van der Waals surface area contributed by atoms with Crippen molar-refractivity contribution in [2.24, 2.45) is 0 Å². The first-order chi connectivity index (χ1) is 13.7. The number of furan rings is 1. The highest BCUT2D eigenvalue weighted by Crippen LogP contribution is 2.40. The van der Waals surface area contributed by atoms with E-state index >= 15 is 0 Å².